The normalized spacial score (nSPS) is 10.8. The van der Waals surface area contributed by atoms with Gasteiger partial charge in [-0.3, -0.25) is 0 Å². The fraction of sp³-hybridized carbons (Fsp3) is 0.115. The molecule has 0 spiro atoms. The van der Waals surface area contributed by atoms with E-state index in [1.165, 1.54) is 29.1 Å². The summed E-state index contributed by atoms with van der Waals surface area (Å²) in [5, 5.41) is 12.5. The molecule has 0 aliphatic carbocycles. The van der Waals surface area contributed by atoms with Crippen LogP contribution >= 0.6 is 11.8 Å². The van der Waals surface area contributed by atoms with Gasteiger partial charge < -0.3 is 10.4 Å². The number of aromatic nitrogens is 2. The second kappa shape index (κ2) is 11.7. The number of nitrogens with zero attached hydrogens (tertiary/aromatic N) is 2. The van der Waals surface area contributed by atoms with Crippen LogP contribution in [0.5, 0.6) is 0 Å². The number of carbonyl (C=O) groups is 1. The monoisotopic (exact) mass is 449 g/mol. The van der Waals surface area contributed by atoms with Crippen LogP contribution in [0.4, 0.5) is 5.82 Å². The topological polar surface area (TPSA) is 75.1 Å². The van der Waals surface area contributed by atoms with E-state index in [2.05, 4.69) is 88.1 Å². The number of nitrogens with one attached hydrogen (secondary N) is 1. The van der Waals surface area contributed by atoms with Crippen LogP contribution in [0, 0.1) is 0 Å². The van der Waals surface area contributed by atoms with Gasteiger partial charge in [0.15, 0.2) is 11.5 Å². The molecule has 0 saturated carbocycles. The van der Waals surface area contributed by atoms with E-state index in [0.717, 1.165) is 0 Å². The van der Waals surface area contributed by atoms with Crippen LogP contribution in [0.3, 0.4) is 0 Å². The van der Waals surface area contributed by atoms with E-state index < -0.39 is 10.7 Å². The van der Waals surface area contributed by atoms with E-state index in [9.17, 15) is 9.90 Å². The molecule has 4 aromatic rings. The summed E-state index contributed by atoms with van der Waals surface area (Å²) in [5.41, 5.74) is 3.49. The van der Waals surface area contributed by atoms with Crippen molar-refractivity contribution in [3.05, 3.63) is 126 Å². The van der Waals surface area contributed by atoms with Crippen molar-refractivity contribution < 1.29 is 9.90 Å². The first-order chi connectivity index (χ1) is 15.7. The summed E-state index contributed by atoms with van der Waals surface area (Å²) < 4.78 is -0.413. The third-order valence-electron chi connectivity index (χ3n) is 5.15. The molecule has 4 rings (SSSR count). The van der Waals surface area contributed by atoms with Gasteiger partial charge in [0.25, 0.3) is 0 Å². The Bertz CT molecular complexity index is 1070. The van der Waals surface area contributed by atoms with Crippen molar-refractivity contribution in [1.82, 2.24) is 9.97 Å². The number of benzene rings is 3. The molecular weight excluding hydrogens is 425 g/mol. The fourth-order valence-corrected chi connectivity index (χ4v) is 5.18. The number of anilines is 1. The molecule has 3 aromatic carbocycles. The first kappa shape index (κ1) is 24.6. The molecule has 0 unspecified atom stereocenters. The number of rotatable bonds is 9. The minimum absolute atomic E-state index is 0. The summed E-state index contributed by atoms with van der Waals surface area (Å²) in [6, 6.07) is 31.4. The standard InChI is InChI=1S/C26H23N3O2S.Li.H/c30-25(31)23-24(28-17-16-27-23)29-18-19-32-26(20-10-4-1-5-11-20,21-12-6-2-7-13-21)22-14-8-3-9-15-22;;/h1-17H,18-19H2,(H,28,29)(H,30,31);;. The number of aromatic carboxylic acids is 1. The second-order valence-corrected chi connectivity index (χ2v) is 8.42. The van der Waals surface area contributed by atoms with E-state index in [0.29, 0.717) is 12.3 Å². The Kier molecular flexibility index (Phi) is 8.73. The molecule has 0 amide bonds. The molecular formula is C26H24LiN3O2S. The molecule has 0 saturated heterocycles. The average molecular weight is 450 g/mol. The van der Waals surface area contributed by atoms with Crippen molar-refractivity contribution in [3.63, 3.8) is 0 Å². The van der Waals surface area contributed by atoms with Crippen LogP contribution in [0.2, 0.25) is 0 Å². The second-order valence-electron chi connectivity index (χ2n) is 7.11. The molecule has 0 aliphatic rings. The summed E-state index contributed by atoms with van der Waals surface area (Å²) in [4.78, 5) is 19.5. The Labute approximate surface area is 209 Å². The molecule has 5 nitrogen and oxygen atoms in total. The van der Waals surface area contributed by atoms with Crippen molar-refractivity contribution >= 4 is 42.4 Å². The molecule has 0 bridgehead atoms. The molecule has 0 atom stereocenters. The minimum atomic E-state index is -1.10. The van der Waals surface area contributed by atoms with E-state index >= 15 is 0 Å². The van der Waals surface area contributed by atoms with Crippen LogP contribution in [-0.2, 0) is 4.75 Å². The fourth-order valence-electron chi connectivity index (χ4n) is 3.77. The Balaban J connectivity index is 0.00000306. The number of thioether (sulfide) groups is 1. The molecule has 162 valence electrons. The quantitative estimate of drug-likeness (QED) is 0.220. The van der Waals surface area contributed by atoms with E-state index in [4.69, 9.17) is 0 Å². The molecule has 0 aliphatic heterocycles. The maximum absolute atomic E-state index is 11.4. The first-order valence-corrected chi connectivity index (χ1v) is 11.3. The summed E-state index contributed by atoms with van der Waals surface area (Å²) in [5.74, 6) is -0.0975. The van der Waals surface area contributed by atoms with Crippen LogP contribution in [0.1, 0.15) is 27.2 Å². The molecule has 1 heterocycles. The van der Waals surface area contributed by atoms with E-state index in [-0.39, 0.29) is 30.4 Å². The molecule has 1 aromatic heterocycles. The van der Waals surface area contributed by atoms with Gasteiger partial charge >= 0.3 is 24.8 Å². The van der Waals surface area contributed by atoms with Gasteiger partial charge in [0, 0.05) is 24.7 Å². The van der Waals surface area contributed by atoms with Gasteiger partial charge in [-0.05, 0) is 16.7 Å². The molecule has 2 N–H and O–H groups in total. The number of carboxylic acid groups (broad SMARTS) is 1. The Morgan fingerprint density at radius 3 is 1.70 bits per heavy atom. The van der Waals surface area contributed by atoms with Gasteiger partial charge in [-0.1, -0.05) is 91.0 Å². The van der Waals surface area contributed by atoms with Crippen LogP contribution in [0.25, 0.3) is 0 Å². The Morgan fingerprint density at radius 1 is 0.788 bits per heavy atom. The van der Waals surface area contributed by atoms with E-state index in [1.54, 1.807) is 11.8 Å². The van der Waals surface area contributed by atoms with Gasteiger partial charge in [0.1, 0.15) is 0 Å². The molecule has 33 heavy (non-hydrogen) atoms. The SMILES string of the molecule is O=C(O)c1nccnc1NCCSC(c1ccccc1)(c1ccccc1)c1ccccc1.[LiH]. The van der Waals surface area contributed by atoms with Crippen molar-refractivity contribution in [2.75, 3.05) is 17.6 Å². The predicted octanol–water partition coefficient (Wildman–Crippen LogP) is 4.66. The van der Waals surface area contributed by atoms with Gasteiger partial charge in [0.2, 0.25) is 0 Å². The molecule has 0 radical (unpaired) electrons. The third kappa shape index (κ3) is 5.48. The summed E-state index contributed by atoms with van der Waals surface area (Å²) in [6.45, 7) is 0.540. The molecule has 7 heteroatoms. The number of carboxylic acids is 1. The third-order valence-corrected chi connectivity index (χ3v) is 6.70. The first-order valence-electron chi connectivity index (χ1n) is 10.3. The average Bonchev–Trinajstić information content (AvgIpc) is 2.86. The zero-order valence-corrected chi connectivity index (χ0v) is 18.2. The molecule has 0 fully saturated rings. The van der Waals surface area contributed by atoms with Crippen molar-refractivity contribution in [1.29, 1.82) is 0 Å². The van der Waals surface area contributed by atoms with Crippen LogP contribution < -0.4 is 5.32 Å². The Hall–Kier alpha value is -3.04. The zero-order valence-electron chi connectivity index (χ0n) is 17.4. The predicted molar refractivity (Wildman–Crippen MR) is 136 cm³/mol. The van der Waals surface area contributed by atoms with Crippen LogP contribution in [-0.4, -0.2) is 52.2 Å². The van der Waals surface area contributed by atoms with Gasteiger partial charge in [0.05, 0.1) is 4.75 Å². The maximum atomic E-state index is 11.4. The van der Waals surface area contributed by atoms with Crippen LogP contribution in [0.15, 0.2) is 103 Å². The summed E-state index contributed by atoms with van der Waals surface area (Å²) in [6.07, 6.45) is 2.87. The van der Waals surface area contributed by atoms with Gasteiger partial charge in [-0.2, -0.15) is 0 Å². The van der Waals surface area contributed by atoms with Gasteiger partial charge in [-0.15, -0.1) is 11.8 Å². The number of hydrogen-bond acceptors (Lipinski definition) is 5. The zero-order chi connectivity index (χ0) is 22.2. The van der Waals surface area contributed by atoms with Crippen molar-refractivity contribution in [2.45, 2.75) is 4.75 Å². The number of hydrogen-bond donors (Lipinski definition) is 2. The van der Waals surface area contributed by atoms with Gasteiger partial charge in [-0.25, -0.2) is 14.8 Å². The Morgan fingerprint density at radius 2 is 1.24 bits per heavy atom. The van der Waals surface area contributed by atoms with E-state index in [1.807, 2.05) is 18.2 Å². The summed E-state index contributed by atoms with van der Waals surface area (Å²) >= 11 is 1.80. The van der Waals surface area contributed by atoms with Crippen molar-refractivity contribution in [3.8, 4) is 0 Å². The van der Waals surface area contributed by atoms with Crippen molar-refractivity contribution in [2.24, 2.45) is 0 Å². The summed E-state index contributed by atoms with van der Waals surface area (Å²) in [7, 11) is 0.